The molecule has 0 aliphatic carbocycles. The number of carbonyl (C=O) groups excluding carboxylic acids is 1. The first-order valence-corrected chi connectivity index (χ1v) is 12.1. The number of carbonyl (C=O) groups is 1. The topological polar surface area (TPSA) is 38.1 Å². The monoisotopic (exact) mass is 511 g/mol. The number of halogens is 5. The molecule has 3 aromatic rings. The summed E-state index contributed by atoms with van der Waals surface area (Å²) in [5, 5.41) is 5.74. The van der Waals surface area contributed by atoms with E-state index >= 15 is 0 Å². The molecule has 0 N–H and O–H groups in total. The summed E-state index contributed by atoms with van der Waals surface area (Å²) >= 11 is 13.2. The van der Waals surface area contributed by atoms with Crippen LogP contribution in [0.4, 0.5) is 13.2 Å². The van der Waals surface area contributed by atoms with Crippen molar-refractivity contribution < 1.29 is 18.0 Å². The Labute approximate surface area is 206 Å². The van der Waals surface area contributed by atoms with E-state index in [1.807, 2.05) is 4.90 Å². The van der Waals surface area contributed by atoms with Crippen molar-refractivity contribution >= 4 is 40.0 Å². The molecule has 0 unspecified atom stereocenters. The van der Waals surface area contributed by atoms with Crippen LogP contribution in [0.3, 0.4) is 0 Å². The molecule has 2 heterocycles. The third kappa shape index (κ3) is 4.65. The van der Waals surface area contributed by atoms with Crippen LogP contribution in [-0.4, -0.2) is 33.7 Å². The van der Waals surface area contributed by atoms with Crippen LogP contribution in [0, 0.1) is 12.8 Å². The van der Waals surface area contributed by atoms with Crippen molar-refractivity contribution in [3.63, 3.8) is 0 Å². The van der Waals surface area contributed by atoms with Crippen LogP contribution in [0.25, 0.3) is 10.9 Å². The zero-order chi connectivity index (χ0) is 24.8. The quantitative estimate of drug-likeness (QED) is 0.376. The molecule has 182 valence electrons. The van der Waals surface area contributed by atoms with Crippen molar-refractivity contribution in [1.82, 2.24) is 14.7 Å². The first kappa shape index (κ1) is 24.9. The first-order valence-electron chi connectivity index (χ1n) is 11.3. The van der Waals surface area contributed by atoms with Gasteiger partial charge in [0.25, 0.3) is 5.91 Å². The van der Waals surface area contributed by atoms with E-state index in [0.29, 0.717) is 57.3 Å². The Hall–Kier alpha value is -2.25. The summed E-state index contributed by atoms with van der Waals surface area (Å²) in [6.07, 6.45) is -1.20. The summed E-state index contributed by atoms with van der Waals surface area (Å²) in [5.74, 6) is 0.508. The molecule has 2 aromatic carbocycles. The van der Waals surface area contributed by atoms with Gasteiger partial charge in [0.2, 0.25) is 0 Å². The average Bonchev–Trinajstić information content (AvgIpc) is 3.11. The molecule has 0 bridgehead atoms. The summed E-state index contributed by atoms with van der Waals surface area (Å²) in [7, 11) is 1.61. The number of rotatable bonds is 4. The molecular weight excluding hydrogens is 486 g/mol. The average molecular weight is 512 g/mol. The minimum atomic E-state index is -4.45. The third-order valence-corrected chi connectivity index (χ3v) is 7.58. The molecular formula is C25H26Cl2F3N3O. The molecule has 4 nitrogen and oxygen atoms in total. The van der Waals surface area contributed by atoms with E-state index in [9.17, 15) is 18.0 Å². The highest BCUT2D eigenvalue weighted by Crippen LogP contribution is 2.37. The van der Waals surface area contributed by atoms with Crippen molar-refractivity contribution in [2.45, 2.75) is 45.7 Å². The van der Waals surface area contributed by atoms with E-state index in [-0.39, 0.29) is 17.4 Å². The second kappa shape index (κ2) is 9.42. The van der Waals surface area contributed by atoms with Crippen LogP contribution >= 0.6 is 23.2 Å². The number of benzene rings is 2. The Kier molecular flexibility index (Phi) is 6.89. The van der Waals surface area contributed by atoms with Gasteiger partial charge in [0.15, 0.2) is 0 Å². The molecule has 0 spiro atoms. The predicted octanol–water partition coefficient (Wildman–Crippen LogP) is 7.06. The Morgan fingerprint density at radius 2 is 1.85 bits per heavy atom. The molecule has 0 saturated carbocycles. The van der Waals surface area contributed by atoms with Crippen molar-refractivity contribution in [2.24, 2.45) is 13.0 Å². The highest BCUT2D eigenvalue weighted by Gasteiger charge is 2.32. The second-order valence-corrected chi connectivity index (χ2v) is 9.75. The van der Waals surface area contributed by atoms with E-state index < -0.39 is 11.7 Å². The highest BCUT2D eigenvalue weighted by atomic mass is 35.5. The zero-order valence-electron chi connectivity index (χ0n) is 19.3. The number of piperidine rings is 1. The Morgan fingerprint density at radius 3 is 2.47 bits per heavy atom. The standard InChI is InChI=1S/C25H26Cl2F3N3O/c1-4-15-7-9-33(10-8-15)24(34)17-5-6-19(26)18(23(17)27)13-20-22-14(2)11-16(25(28,29)30)12-21(22)32(3)31-20/h5-6,11-12,15H,4,7-10,13H2,1-3H3. The van der Waals surface area contributed by atoms with E-state index in [1.54, 1.807) is 26.1 Å². The van der Waals surface area contributed by atoms with E-state index in [2.05, 4.69) is 12.0 Å². The van der Waals surface area contributed by atoms with Crippen LogP contribution in [0.1, 0.15) is 58.9 Å². The molecule has 1 saturated heterocycles. The van der Waals surface area contributed by atoms with Crippen molar-refractivity contribution in [3.05, 3.63) is 62.3 Å². The number of fused-ring (bicyclic) bond motifs is 1. The smallest absolute Gasteiger partial charge is 0.339 e. The second-order valence-electron chi connectivity index (χ2n) is 8.96. The lowest BCUT2D eigenvalue weighted by molar-refractivity contribution is -0.137. The SMILES string of the molecule is CCC1CCN(C(=O)c2ccc(Cl)c(Cc3nn(C)c4cc(C(F)(F)F)cc(C)c34)c2Cl)CC1. The number of hydrogen-bond acceptors (Lipinski definition) is 2. The van der Waals surface area contributed by atoms with Gasteiger partial charge in [-0.15, -0.1) is 0 Å². The fourth-order valence-corrected chi connectivity index (χ4v) is 5.36. The van der Waals surface area contributed by atoms with Crippen LogP contribution in [-0.2, 0) is 19.6 Å². The minimum Gasteiger partial charge on any atom is -0.339 e. The molecule has 1 aliphatic heterocycles. The zero-order valence-corrected chi connectivity index (χ0v) is 20.8. The van der Waals surface area contributed by atoms with E-state index in [4.69, 9.17) is 23.2 Å². The van der Waals surface area contributed by atoms with Crippen LogP contribution in [0.2, 0.25) is 10.0 Å². The van der Waals surface area contributed by atoms with Crippen LogP contribution in [0.15, 0.2) is 24.3 Å². The molecule has 0 radical (unpaired) electrons. The van der Waals surface area contributed by atoms with Gasteiger partial charge < -0.3 is 4.90 Å². The minimum absolute atomic E-state index is 0.130. The van der Waals surface area contributed by atoms with Crippen LogP contribution in [0.5, 0.6) is 0 Å². The molecule has 1 aliphatic rings. The highest BCUT2D eigenvalue weighted by molar-refractivity contribution is 6.38. The molecule has 1 amide bonds. The van der Waals surface area contributed by atoms with Gasteiger partial charge in [0.1, 0.15) is 0 Å². The largest absolute Gasteiger partial charge is 0.416 e. The number of hydrogen-bond donors (Lipinski definition) is 0. The molecule has 34 heavy (non-hydrogen) atoms. The van der Waals surface area contributed by atoms with Gasteiger partial charge in [-0.25, -0.2) is 0 Å². The normalized spacial score (nSPS) is 15.4. The number of aromatic nitrogens is 2. The van der Waals surface area contributed by atoms with E-state index in [1.165, 1.54) is 4.68 Å². The summed E-state index contributed by atoms with van der Waals surface area (Å²) in [6, 6.07) is 5.51. The first-order chi connectivity index (χ1) is 16.0. The summed E-state index contributed by atoms with van der Waals surface area (Å²) in [5.41, 5.74) is 1.60. The van der Waals surface area contributed by atoms with Gasteiger partial charge in [-0.1, -0.05) is 36.5 Å². The lowest BCUT2D eigenvalue weighted by Gasteiger charge is -2.32. The summed E-state index contributed by atoms with van der Waals surface area (Å²) in [4.78, 5) is 15.0. The molecule has 1 fully saturated rings. The predicted molar refractivity (Wildman–Crippen MR) is 129 cm³/mol. The van der Waals surface area contributed by atoms with Crippen molar-refractivity contribution in [2.75, 3.05) is 13.1 Å². The fraction of sp³-hybridized carbons (Fsp3) is 0.440. The molecule has 1 aromatic heterocycles. The molecule has 9 heteroatoms. The van der Waals surface area contributed by atoms with Gasteiger partial charge in [0.05, 0.1) is 27.4 Å². The number of nitrogens with zero attached hydrogens (tertiary/aromatic N) is 3. The Balaban J connectivity index is 1.69. The fourth-order valence-electron chi connectivity index (χ4n) is 4.78. The van der Waals surface area contributed by atoms with Crippen molar-refractivity contribution in [1.29, 1.82) is 0 Å². The maximum atomic E-state index is 13.3. The molecule has 0 atom stereocenters. The van der Waals surface area contributed by atoms with Gasteiger partial charge in [-0.3, -0.25) is 9.48 Å². The number of alkyl halides is 3. The van der Waals surface area contributed by atoms with Crippen LogP contribution < -0.4 is 0 Å². The number of amides is 1. The third-order valence-electron chi connectivity index (χ3n) is 6.79. The van der Waals surface area contributed by atoms with E-state index in [0.717, 1.165) is 31.4 Å². The van der Waals surface area contributed by atoms with Gasteiger partial charge in [-0.05, 0) is 61.1 Å². The lowest BCUT2D eigenvalue weighted by atomic mass is 9.94. The summed E-state index contributed by atoms with van der Waals surface area (Å²) in [6.45, 7) is 5.18. The maximum Gasteiger partial charge on any atom is 0.416 e. The maximum absolute atomic E-state index is 13.3. The number of likely N-dealkylation sites (tertiary alicyclic amines) is 1. The van der Waals surface area contributed by atoms with Gasteiger partial charge in [-0.2, -0.15) is 18.3 Å². The Morgan fingerprint density at radius 1 is 1.18 bits per heavy atom. The Bertz CT molecular complexity index is 1240. The molecule has 4 rings (SSSR count). The van der Waals surface area contributed by atoms with Crippen molar-refractivity contribution in [3.8, 4) is 0 Å². The number of aryl methyl sites for hydroxylation is 2. The van der Waals surface area contributed by atoms with Gasteiger partial charge >= 0.3 is 6.18 Å². The lowest BCUT2D eigenvalue weighted by Crippen LogP contribution is -2.38. The summed E-state index contributed by atoms with van der Waals surface area (Å²) < 4.78 is 41.3. The van der Waals surface area contributed by atoms with Gasteiger partial charge in [0, 0.05) is 37.0 Å².